The Kier molecular flexibility index (Phi) is 3.13. The summed E-state index contributed by atoms with van der Waals surface area (Å²) < 4.78 is 5.35. The Labute approximate surface area is 106 Å². The third kappa shape index (κ3) is 2.44. The molecule has 0 unspecified atom stereocenters. The number of benzene rings is 1. The molecule has 0 bridgehead atoms. The number of aliphatic hydroxyl groups excluding tert-OH is 1. The molecular formula is C14H16N2O2. The Hall–Kier alpha value is -1.65. The van der Waals surface area contributed by atoms with Crippen LogP contribution in [0.2, 0.25) is 0 Å². The number of hydrogen-bond acceptors (Lipinski definition) is 4. The molecule has 0 amide bonds. The van der Waals surface area contributed by atoms with Gasteiger partial charge in [0.2, 0.25) is 0 Å². The van der Waals surface area contributed by atoms with Crippen LogP contribution in [-0.2, 0) is 6.54 Å². The standard InChI is InChI=1S/C14H16N2O2/c17-13-6-7-16(10-13)9-12-8-14(18-15-12)11-4-2-1-3-5-11/h1-5,8,13,17H,6-7,9-10H2/t13-/m0/s1. The second-order valence-electron chi connectivity index (χ2n) is 4.73. The molecule has 4 nitrogen and oxygen atoms in total. The maximum absolute atomic E-state index is 9.48. The zero-order valence-corrected chi connectivity index (χ0v) is 10.1. The summed E-state index contributed by atoms with van der Waals surface area (Å²) in [4.78, 5) is 2.19. The van der Waals surface area contributed by atoms with E-state index in [9.17, 15) is 5.11 Å². The lowest BCUT2D eigenvalue weighted by atomic mass is 10.1. The first kappa shape index (κ1) is 11.4. The summed E-state index contributed by atoms with van der Waals surface area (Å²) in [5, 5.41) is 13.6. The van der Waals surface area contributed by atoms with Gasteiger partial charge >= 0.3 is 0 Å². The van der Waals surface area contributed by atoms with Crippen LogP contribution in [0.25, 0.3) is 11.3 Å². The zero-order chi connectivity index (χ0) is 12.4. The molecule has 1 aromatic heterocycles. The monoisotopic (exact) mass is 244 g/mol. The van der Waals surface area contributed by atoms with Crippen molar-refractivity contribution in [2.24, 2.45) is 0 Å². The molecule has 0 spiro atoms. The van der Waals surface area contributed by atoms with Crippen LogP contribution >= 0.6 is 0 Å². The first-order valence-corrected chi connectivity index (χ1v) is 6.23. The largest absolute Gasteiger partial charge is 0.392 e. The Balaban J connectivity index is 1.70. The predicted molar refractivity (Wildman–Crippen MR) is 67.8 cm³/mol. The minimum Gasteiger partial charge on any atom is -0.392 e. The van der Waals surface area contributed by atoms with Crippen molar-refractivity contribution in [3.63, 3.8) is 0 Å². The van der Waals surface area contributed by atoms with E-state index in [0.29, 0.717) is 0 Å². The smallest absolute Gasteiger partial charge is 0.167 e. The first-order valence-electron chi connectivity index (χ1n) is 6.23. The van der Waals surface area contributed by atoms with E-state index in [1.54, 1.807) is 0 Å². The molecule has 1 saturated heterocycles. The number of β-amino-alcohol motifs (C(OH)–C–C–N with tert-alkyl or cyclic N) is 1. The first-order chi connectivity index (χ1) is 8.81. The number of nitrogens with zero attached hydrogens (tertiary/aromatic N) is 2. The number of rotatable bonds is 3. The quantitative estimate of drug-likeness (QED) is 0.896. The maximum Gasteiger partial charge on any atom is 0.167 e. The van der Waals surface area contributed by atoms with Gasteiger partial charge in [0.15, 0.2) is 5.76 Å². The molecule has 1 N–H and O–H groups in total. The topological polar surface area (TPSA) is 49.5 Å². The van der Waals surface area contributed by atoms with Crippen LogP contribution in [0, 0.1) is 0 Å². The molecule has 1 aliphatic rings. The second-order valence-corrected chi connectivity index (χ2v) is 4.73. The normalized spacial score (nSPS) is 20.4. The summed E-state index contributed by atoms with van der Waals surface area (Å²) in [7, 11) is 0. The van der Waals surface area contributed by atoms with E-state index in [2.05, 4.69) is 10.1 Å². The van der Waals surface area contributed by atoms with Crippen molar-refractivity contribution in [1.82, 2.24) is 10.1 Å². The van der Waals surface area contributed by atoms with Crippen LogP contribution in [0.3, 0.4) is 0 Å². The van der Waals surface area contributed by atoms with E-state index in [0.717, 1.165) is 43.1 Å². The van der Waals surface area contributed by atoms with Gasteiger partial charge in [-0.3, -0.25) is 4.90 Å². The number of likely N-dealkylation sites (tertiary alicyclic amines) is 1. The summed E-state index contributed by atoms with van der Waals surface area (Å²) >= 11 is 0. The minimum atomic E-state index is -0.189. The van der Waals surface area contributed by atoms with E-state index in [1.807, 2.05) is 36.4 Å². The Morgan fingerprint density at radius 2 is 2.17 bits per heavy atom. The van der Waals surface area contributed by atoms with Crippen molar-refractivity contribution < 1.29 is 9.63 Å². The van der Waals surface area contributed by atoms with Gasteiger partial charge in [-0.05, 0) is 6.42 Å². The molecule has 4 heteroatoms. The average Bonchev–Trinajstić information content (AvgIpc) is 3.01. The average molecular weight is 244 g/mol. The van der Waals surface area contributed by atoms with Crippen LogP contribution in [0.4, 0.5) is 0 Å². The molecule has 3 rings (SSSR count). The summed E-state index contributed by atoms with van der Waals surface area (Å²) in [6, 6.07) is 11.9. The van der Waals surface area contributed by atoms with Gasteiger partial charge in [-0.1, -0.05) is 35.5 Å². The van der Waals surface area contributed by atoms with Crippen molar-refractivity contribution in [1.29, 1.82) is 0 Å². The van der Waals surface area contributed by atoms with Gasteiger partial charge in [0.05, 0.1) is 11.8 Å². The number of aliphatic hydroxyl groups is 1. The summed E-state index contributed by atoms with van der Waals surface area (Å²) in [5.41, 5.74) is 1.96. The lowest BCUT2D eigenvalue weighted by molar-refractivity contribution is 0.174. The fourth-order valence-electron chi connectivity index (χ4n) is 2.31. The molecule has 0 saturated carbocycles. The summed E-state index contributed by atoms with van der Waals surface area (Å²) in [6.45, 7) is 2.40. The van der Waals surface area contributed by atoms with Gasteiger partial charge in [-0.2, -0.15) is 0 Å². The van der Waals surface area contributed by atoms with Crippen LogP contribution in [0.1, 0.15) is 12.1 Å². The Bertz CT molecular complexity index is 510. The fourth-order valence-corrected chi connectivity index (χ4v) is 2.31. The highest BCUT2D eigenvalue weighted by atomic mass is 16.5. The minimum absolute atomic E-state index is 0.189. The highest BCUT2D eigenvalue weighted by molar-refractivity contribution is 5.56. The maximum atomic E-state index is 9.48. The van der Waals surface area contributed by atoms with Crippen LogP contribution in [0.15, 0.2) is 40.9 Å². The molecule has 1 aromatic carbocycles. The third-order valence-corrected chi connectivity index (χ3v) is 3.25. The van der Waals surface area contributed by atoms with E-state index in [-0.39, 0.29) is 6.10 Å². The molecule has 2 heterocycles. The number of hydrogen-bond donors (Lipinski definition) is 1. The molecule has 94 valence electrons. The zero-order valence-electron chi connectivity index (χ0n) is 10.1. The molecule has 1 atom stereocenters. The Morgan fingerprint density at radius 1 is 1.33 bits per heavy atom. The van der Waals surface area contributed by atoms with Gasteiger partial charge in [0, 0.05) is 31.3 Å². The SMILES string of the molecule is O[C@H]1CCN(Cc2cc(-c3ccccc3)on2)C1. The molecule has 18 heavy (non-hydrogen) atoms. The van der Waals surface area contributed by atoms with Crippen LogP contribution in [0.5, 0.6) is 0 Å². The highest BCUT2D eigenvalue weighted by Gasteiger charge is 2.21. The van der Waals surface area contributed by atoms with Crippen molar-refractivity contribution in [2.75, 3.05) is 13.1 Å². The highest BCUT2D eigenvalue weighted by Crippen LogP contribution is 2.21. The molecule has 1 aliphatic heterocycles. The lowest BCUT2D eigenvalue weighted by Crippen LogP contribution is -2.21. The van der Waals surface area contributed by atoms with Crippen molar-refractivity contribution in [2.45, 2.75) is 19.1 Å². The van der Waals surface area contributed by atoms with E-state index < -0.39 is 0 Å². The number of aromatic nitrogens is 1. The molecule has 0 radical (unpaired) electrons. The van der Waals surface area contributed by atoms with Crippen molar-refractivity contribution in [3.8, 4) is 11.3 Å². The van der Waals surface area contributed by atoms with Gasteiger partial charge < -0.3 is 9.63 Å². The van der Waals surface area contributed by atoms with Gasteiger partial charge in [-0.25, -0.2) is 0 Å². The molecule has 2 aromatic rings. The van der Waals surface area contributed by atoms with Gasteiger partial charge in [-0.15, -0.1) is 0 Å². The Morgan fingerprint density at radius 3 is 2.89 bits per heavy atom. The van der Waals surface area contributed by atoms with Crippen molar-refractivity contribution in [3.05, 3.63) is 42.1 Å². The molecule has 0 aliphatic carbocycles. The van der Waals surface area contributed by atoms with Gasteiger partial charge in [0.25, 0.3) is 0 Å². The second kappa shape index (κ2) is 4.92. The van der Waals surface area contributed by atoms with E-state index in [1.165, 1.54) is 0 Å². The van der Waals surface area contributed by atoms with E-state index >= 15 is 0 Å². The molecular weight excluding hydrogens is 228 g/mol. The third-order valence-electron chi connectivity index (χ3n) is 3.25. The summed E-state index contributed by atoms with van der Waals surface area (Å²) in [5.74, 6) is 0.797. The fraction of sp³-hybridized carbons (Fsp3) is 0.357. The predicted octanol–water partition coefficient (Wildman–Crippen LogP) is 1.91. The summed E-state index contributed by atoms with van der Waals surface area (Å²) in [6.07, 6.45) is 0.661. The van der Waals surface area contributed by atoms with Gasteiger partial charge in [0.1, 0.15) is 0 Å². The van der Waals surface area contributed by atoms with Crippen LogP contribution in [-0.4, -0.2) is 34.4 Å². The van der Waals surface area contributed by atoms with E-state index in [4.69, 9.17) is 4.52 Å². The van der Waals surface area contributed by atoms with Crippen molar-refractivity contribution >= 4 is 0 Å². The molecule has 1 fully saturated rings. The lowest BCUT2D eigenvalue weighted by Gasteiger charge is -2.11. The van der Waals surface area contributed by atoms with Crippen LogP contribution < -0.4 is 0 Å².